The highest BCUT2D eigenvalue weighted by Gasteiger charge is 2.24. The summed E-state index contributed by atoms with van der Waals surface area (Å²) in [6, 6.07) is 6.10. The minimum atomic E-state index is -0.0525. The highest BCUT2D eigenvalue weighted by molar-refractivity contribution is 14.1. The maximum atomic E-state index is 12.3. The van der Waals surface area contributed by atoms with Crippen LogP contribution in [0.3, 0.4) is 0 Å². The molecule has 4 nitrogen and oxygen atoms in total. The molecule has 1 aromatic rings. The maximum Gasteiger partial charge on any atom is 0.255 e. The van der Waals surface area contributed by atoms with E-state index in [0.717, 1.165) is 23.1 Å². The highest BCUT2D eigenvalue weighted by atomic mass is 127. The number of ether oxygens (including phenoxy) is 1. The zero-order valence-electron chi connectivity index (χ0n) is 12.0. The van der Waals surface area contributed by atoms with Gasteiger partial charge in [0.1, 0.15) is 5.75 Å². The first-order valence-corrected chi connectivity index (χ1v) is 8.10. The van der Waals surface area contributed by atoms with Crippen LogP contribution >= 0.6 is 22.6 Å². The van der Waals surface area contributed by atoms with Crippen LogP contribution in [-0.4, -0.2) is 43.6 Å². The van der Waals surface area contributed by atoms with Gasteiger partial charge >= 0.3 is 0 Å². The number of rotatable bonds is 5. The SMILES string of the molecule is CCN1CCCC1CNC(=O)c1cccc(I)c1OC. The second-order valence-electron chi connectivity index (χ2n) is 4.96. The van der Waals surface area contributed by atoms with Gasteiger partial charge in [0.15, 0.2) is 0 Å². The van der Waals surface area contributed by atoms with Crippen molar-refractivity contribution in [2.75, 3.05) is 26.7 Å². The molecule has 1 heterocycles. The summed E-state index contributed by atoms with van der Waals surface area (Å²) in [4.78, 5) is 14.7. The first kappa shape index (κ1) is 15.6. The molecule has 20 heavy (non-hydrogen) atoms. The number of amides is 1. The number of halogens is 1. The maximum absolute atomic E-state index is 12.3. The average molecular weight is 388 g/mol. The molecule has 1 fully saturated rings. The van der Waals surface area contributed by atoms with Crippen LogP contribution in [0.1, 0.15) is 30.1 Å². The number of nitrogens with zero attached hydrogens (tertiary/aromatic N) is 1. The van der Waals surface area contributed by atoms with E-state index >= 15 is 0 Å². The molecule has 1 aliphatic rings. The Hall–Kier alpha value is -0.820. The summed E-state index contributed by atoms with van der Waals surface area (Å²) in [7, 11) is 1.60. The Kier molecular flexibility index (Phi) is 5.65. The molecule has 110 valence electrons. The number of para-hydroxylation sites is 1. The number of benzene rings is 1. The number of likely N-dealkylation sites (N-methyl/N-ethyl adjacent to an activating group) is 1. The first-order valence-electron chi connectivity index (χ1n) is 7.02. The summed E-state index contributed by atoms with van der Waals surface area (Å²) in [5, 5.41) is 3.04. The zero-order chi connectivity index (χ0) is 14.5. The molecule has 1 aliphatic heterocycles. The Bertz CT molecular complexity index is 479. The van der Waals surface area contributed by atoms with Crippen molar-refractivity contribution in [3.63, 3.8) is 0 Å². The Morgan fingerprint density at radius 3 is 3.05 bits per heavy atom. The van der Waals surface area contributed by atoms with Crippen LogP contribution in [0, 0.1) is 3.57 Å². The normalized spacial score (nSPS) is 19.1. The van der Waals surface area contributed by atoms with Crippen molar-refractivity contribution < 1.29 is 9.53 Å². The third-order valence-electron chi connectivity index (χ3n) is 3.82. The molecule has 0 aromatic heterocycles. The summed E-state index contributed by atoms with van der Waals surface area (Å²) < 4.78 is 6.29. The van der Waals surface area contributed by atoms with Crippen molar-refractivity contribution in [3.05, 3.63) is 27.3 Å². The fourth-order valence-electron chi connectivity index (χ4n) is 2.74. The molecule has 1 unspecified atom stereocenters. The number of hydrogen-bond acceptors (Lipinski definition) is 3. The van der Waals surface area contributed by atoms with E-state index in [1.54, 1.807) is 7.11 Å². The summed E-state index contributed by atoms with van der Waals surface area (Å²) in [6.45, 7) is 5.07. The standard InChI is InChI=1S/C15H21IN2O2/c1-3-18-9-5-6-11(18)10-17-15(19)12-7-4-8-13(16)14(12)20-2/h4,7-8,11H,3,5-6,9-10H2,1-2H3,(H,17,19). The Labute approximate surface area is 134 Å². The van der Waals surface area contributed by atoms with Gasteiger partial charge in [-0.1, -0.05) is 13.0 Å². The lowest BCUT2D eigenvalue weighted by molar-refractivity contribution is 0.0938. The lowest BCUT2D eigenvalue weighted by Crippen LogP contribution is -2.40. The van der Waals surface area contributed by atoms with Gasteiger partial charge in [-0.15, -0.1) is 0 Å². The summed E-state index contributed by atoms with van der Waals surface area (Å²) in [5.41, 5.74) is 0.612. The van der Waals surface area contributed by atoms with Crippen molar-refractivity contribution in [2.45, 2.75) is 25.8 Å². The molecule has 0 saturated carbocycles. The van der Waals surface area contributed by atoms with Gasteiger partial charge < -0.3 is 10.1 Å². The summed E-state index contributed by atoms with van der Waals surface area (Å²) in [6.07, 6.45) is 2.39. The number of carbonyl (C=O) groups is 1. The third-order valence-corrected chi connectivity index (χ3v) is 4.67. The van der Waals surface area contributed by atoms with Crippen LogP contribution in [-0.2, 0) is 0 Å². The van der Waals surface area contributed by atoms with E-state index in [9.17, 15) is 4.79 Å². The molecular formula is C15H21IN2O2. The molecule has 0 spiro atoms. The van der Waals surface area contributed by atoms with E-state index < -0.39 is 0 Å². The average Bonchev–Trinajstić information content (AvgIpc) is 2.91. The summed E-state index contributed by atoms with van der Waals surface area (Å²) in [5.74, 6) is 0.604. The van der Waals surface area contributed by atoms with Crippen molar-refractivity contribution in [3.8, 4) is 5.75 Å². The van der Waals surface area contributed by atoms with E-state index in [0.29, 0.717) is 23.9 Å². The number of nitrogens with one attached hydrogen (secondary N) is 1. The van der Waals surface area contributed by atoms with E-state index in [2.05, 4.69) is 39.7 Å². The molecule has 2 rings (SSSR count). The molecule has 0 radical (unpaired) electrons. The van der Waals surface area contributed by atoms with Gasteiger partial charge in [0.2, 0.25) is 0 Å². The van der Waals surface area contributed by atoms with Crippen molar-refractivity contribution in [2.24, 2.45) is 0 Å². The second-order valence-corrected chi connectivity index (χ2v) is 6.12. The van der Waals surface area contributed by atoms with Crippen LogP contribution in [0.2, 0.25) is 0 Å². The van der Waals surface area contributed by atoms with Crippen LogP contribution in [0.15, 0.2) is 18.2 Å². The Morgan fingerprint density at radius 2 is 2.35 bits per heavy atom. The van der Waals surface area contributed by atoms with Gasteiger partial charge in [-0.3, -0.25) is 9.69 Å². The lowest BCUT2D eigenvalue weighted by atomic mass is 10.1. The fourth-order valence-corrected chi connectivity index (χ4v) is 3.46. The second kappa shape index (κ2) is 7.26. The van der Waals surface area contributed by atoms with Crippen LogP contribution in [0.25, 0.3) is 0 Å². The number of hydrogen-bond donors (Lipinski definition) is 1. The molecule has 1 aromatic carbocycles. The number of likely N-dealkylation sites (tertiary alicyclic amines) is 1. The molecule has 5 heteroatoms. The number of methoxy groups -OCH3 is 1. The predicted octanol–water partition coefficient (Wildman–Crippen LogP) is 2.51. The molecule has 1 saturated heterocycles. The fraction of sp³-hybridized carbons (Fsp3) is 0.533. The van der Waals surface area contributed by atoms with Crippen LogP contribution < -0.4 is 10.1 Å². The zero-order valence-corrected chi connectivity index (χ0v) is 14.1. The monoisotopic (exact) mass is 388 g/mol. The van der Waals surface area contributed by atoms with Crippen molar-refractivity contribution in [1.29, 1.82) is 0 Å². The van der Waals surface area contributed by atoms with Crippen molar-refractivity contribution >= 4 is 28.5 Å². The molecule has 0 aliphatic carbocycles. The molecule has 1 amide bonds. The van der Waals surface area contributed by atoms with Gasteiger partial charge in [-0.25, -0.2) is 0 Å². The smallest absolute Gasteiger partial charge is 0.255 e. The van der Waals surface area contributed by atoms with Gasteiger partial charge in [0.25, 0.3) is 5.91 Å². The molecule has 0 bridgehead atoms. The summed E-state index contributed by atoms with van der Waals surface area (Å²) >= 11 is 2.18. The molecular weight excluding hydrogens is 367 g/mol. The molecule has 1 atom stereocenters. The van der Waals surface area contributed by atoms with Gasteiger partial charge in [-0.05, 0) is 60.7 Å². The number of carbonyl (C=O) groups excluding carboxylic acids is 1. The quantitative estimate of drug-likeness (QED) is 0.789. The highest BCUT2D eigenvalue weighted by Crippen LogP contribution is 2.25. The van der Waals surface area contributed by atoms with Gasteiger partial charge in [0.05, 0.1) is 16.2 Å². The van der Waals surface area contributed by atoms with E-state index in [4.69, 9.17) is 4.74 Å². The Morgan fingerprint density at radius 1 is 1.55 bits per heavy atom. The first-order chi connectivity index (χ1) is 9.67. The van der Waals surface area contributed by atoms with E-state index in [-0.39, 0.29) is 5.91 Å². The van der Waals surface area contributed by atoms with Crippen LogP contribution in [0.4, 0.5) is 0 Å². The largest absolute Gasteiger partial charge is 0.495 e. The topological polar surface area (TPSA) is 41.6 Å². The minimum Gasteiger partial charge on any atom is -0.495 e. The minimum absolute atomic E-state index is 0.0525. The van der Waals surface area contributed by atoms with Gasteiger partial charge in [-0.2, -0.15) is 0 Å². The lowest BCUT2D eigenvalue weighted by Gasteiger charge is -2.23. The van der Waals surface area contributed by atoms with Gasteiger partial charge in [0, 0.05) is 12.6 Å². The van der Waals surface area contributed by atoms with Crippen molar-refractivity contribution in [1.82, 2.24) is 10.2 Å². The third kappa shape index (κ3) is 3.44. The molecule has 1 N–H and O–H groups in total. The predicted molar refractivity (Wildman–Crippen MR) is 88.3 cm³/mol. The van der Waals surface area contributed by atoms with E-state index in [1.807, 2.05) is 18.2 Å². The van der Waals surface area contributed by atoms with E-state index in [1.165, 1.54) is 6.42 Å². The Balaban J connectivity index is 2.00. The van der Waals surface area contributed by atoms with Crippen LogP contribution in [0.5, 0.6) is 5.75 Å².